The Bertz CT molecular complexity index is 694. The lowest BCUT2D eigenvalue weighted by Crippen LogP contribution is -2.30. The minimum atomic E-state index is 0.133. The third kappa shape index (κ3) is 4.32. The second-order valence-corrected chi connectivity index (χ2v) is 6.41. The van der Waals surface area contributed by atoms with Crippen molar-refractivity contribution in [2.24, 2.45) is 0 Å². The van der Waals surface area contributed by atoms with Crippen molar-refractivity contribution in [3.8, 4) is 11.5 Å². The Balaban J connectivity index is 1.59. The number of hydrogen-bond donors (Lipinski definition) is 1. The van der Waals surface area contributed by atoms with Crippen LogP contribution in [0.3, 0.4) is 0 Å². The highest BCUT2D eigenvalue weighted by Crippen LogP contribution is 2.33. The minimum Gasteiger partial charge on any atom is -0.508 e. The molecule has 0 spiro atoms. The molecule has 2 aromatic carbocycles. The van der Waals surface area contributed by atoms with Gasteiger partial charge < -0.3 is 14.7 Å². The number of hydrogen-bond acceptors (Lipinski definition) is 3. The van der Waals surface area contributed by atoms with E-state index in [-0.39, 0.29) is 17.7 Å². The molecule has 1 fully saturated rings. The summed E-state index contributed by atoms with van der Waals surface area (Å²) >= 11 is 0. The molecule has 4 heteroatoms. The summed E-state index contributed by atoms with van der Waals surface area (Å²) in [6, 6.07) is 15.3. The maximum Gasteiger partial charge on any atom is 0.223 e. The summed E-state index contributed by atoms with van der Waals surface area (Å²) in [7, 11) is 0. The number of carbonyl (C=O) groups is 1. The number of nitrogens with zero attached hydrogens (tertiary/aromatic N) is 1. The van der Waals surface area contributed by atoms with Crippen molar-refractivity contribution in [1.29, 1.82) is 0 Å². The lowest BCUT2D eigenvalue weighted by molar-refractivity contribution is -0.132. The molecule has 2 aromatic rings. The molecule has 1 atom stereocenters. The summed E-state index contributed by atoms with van der Waals surface area (Å²) in [6.07, 6.45) is 3.27. The number of carbonyl (C=O) groups excluding carboxylic acids is 1. The van der Waals surface area contributed by atoms with Gasteiger partial charge in [-0.15, -0.1) is 0 Å². The van der Waals surface area contributed by atoms with Gasteiger partial charge in [0, 0.05) is 13.0 Å². The van der Waals surface area contributed by atoms with Crippen molar-refractivity contribution in [3.63, 3.8) is 0 Å². The van der Waals surface area contributed by atoms with Crippen molar-refractivity contribution in [2.45, 2.75) is 38.6 Å². The van der Waals surface area contributed by atoms with Gasteiger partial charge in [0.2, 0.25) is 5.91 Å². The van der Waals surface area contributed by atoms with Gasteiger partial charge in [0.15, 0.2) is 0 Å². The van der Waals surface area contributed by atoms with E-state index in [1.165, 1.54) is 0 Å². The summed E-state index contributed by atoms with van der Waals surface area (Å²) in [5.74, 6) is 1.32. The van der Waals surface area contributed by atoms with E-state index in [0.717, 1.165) is 42.7 Å². The van der Waals surface area contributed by atoms with Crippen LogP contribution in [0.2, 0.25) is 0 Å². The quantitative estimate of drug-likeness (QED) is 0.862. The van der Waals surface area contributed by atoms with Gasteiger partial charge in [-0.25, -0.2) is 0 Å². The number of phenolic OH excluding ortho intramolecular Hbond substituents is 1. The fourth-order valence-corrected chi connectivity index (χ4v) is 3.42. The van der Waals surface area contributed by atoms with E-state index in [2.05, 4.69) is 0 Å². The predicted molar refractivity (Wildman–Crippen MR) is 97.7 cm³/mol. The van der Waals surface area contributed by atoms with Crippen LogP contribution in [-0.4, -0.2) is 29.1 Å². The second-order valence-electron chi connectivity index (χ2n) is 6.41. The van der Waals surface area contributed by atoms with Gasteiger partial charge in [-0.05, 0) is 61.6 Å². The van der Waals surface area contributed by atoms with Crippen LogP contribution >= 0.6 is 0 Å². The maximum absolute atomic E-state index is 12.7. The van der Waals surface area contributed by atoms with Gasteiger partial charge in [-0.1, -0.05) is 24.3 Å². The molecule has 0 aromatic heterocycles. The molecule has 1 amide bonds. The molecule has 4 nitrogen and oxygen atoms in total. The normalized spacial score (nSPS) is 16.8. The van der Waals surface area contributed by atoms with Crippen LogP contribution in [-0.2, 0) is 11.2 Å². The zero-order chi connectivity index (χ0) is 17.6. The van der Waals surface area contributed by atoms with Gasteiger partial charge in [0.1, 0.15) is 11.5 Å². The maximum atomic E-state index is 12.7. The Labute approximate surface area is 149 Å². The highest BCUT2D eigenvalue weighted by Gasteiger charge is 2.29. The third-order valence-corrected chi connectivity index (χ3v) is 4.71. The van der Waals surface area contributed by atoms with Crippen LogP contribution in [0.1, 0.15) is 43.4 Å². The number of ether oxygens (including phenoxy) is 1. The Morgan fingerprint density at radius 3 is 2.56 bits per heavy atom. The van der Waals surface area contributed by atoms with Crippen LogP contribution in [0.25, 0.3) is 0 Å². The summed E-state index contributed by atoms with van der Waals surface area (Å²) in [5, 5.41) is 9.45. The van der Waals surface area contributed by atoms with Gasteiger partial charge in [-0.3, -0.25) is 4.79 Å². The molecule has 1 heterocycles. The van der Waals surface area contributed by atoms with Crippen LogP contribution in [0.5, 0.6) is 11.5 Å². The Morgan fingerprint density at radius 2 is 1.88 bits per heavy atom. The van der Waals surface area contributed by atoms with Crippen LogP contribution in [0.15, 0.2) is 48.5 Å². The molecular formula is C21H25NO3. The SMILES string of the molecule is CCOc1ccc(CCC(=O)N2CCC[C@H]2c2ccc(O)cc2)cc1. The molecule has 132 valence electrons. The van der Waals surface area contributed by atoms with Gasteiger partial charge in [-0.2, -0.15) is 0 Å². The predicted octanol–water partition coefficient (Wildman–Crippen LogP) is 4.09. The first kappa shape index (κ1) is 17.3. The monoisotopic (exact) mass is 339 g/mol. The standard InChI is InChI=1S/C21H25NO3/c1-2-25-19-12-5-16(6-13-19)7-14-21(24)22-15-3-4-20(22)17-8-10-18(23)11-9-17/h5-6,8-13,20,23H,2-4,7,14-15H2,1H3/t20-/m0/s1. The lowest BCUT2D eigenvalue weighted by Gasteiger charge is -2.25. The smallest absolute Gasteiger partial charge is 0.223 e. The summed E-state index contributed by atoms with van der Waals surface area (Å²) in [4.78, 5) is 14.7. The number of amides is 1. The molecule has 1 aliphatic rings. The van der Waals surface area contributed by atoms with Crippen molar-refractivity contribution < 1.29 is 14.6 Å². The average molecular weight is 339 g/mol. The van der Waals surface area contributed by atoms with Crippen LogP contribution < -0.4 is 4.74 Å². The second kappa shape index (κ2) is 8.06. The molecule has 1 aliphatic heterocycles. The van der Waals surface area contributed by atoms with Gasteiger partial charge >= 0.3 is 0 Å². The molecular weight excluding hydrogens is 314 g/mol. The molecule has 3 rings (SSSR count). The van der Waals surface area contributed by atoms with E-state index < -0.39 is 0 Å². The molecule has 0 radical (unpaired) electrons. The van der Waals surface area contributed by atoms with E-state index >= 15 is 0 Å². The van der Waals surface area contributed by atoms with E-state index in [4.69, 9.17) is 4.74 Å². The molecule has 0 aliphatic carbocycles. The Kier molecular flexibility index (Phi) is 5.59. The van der Waals surface area contributed by atoms with Crippen molar-refractivity contribution in [3.05, 3.63) is 59.7 Å². The first-order chi connectivity index (χ1) is 12.2. The van der Waals surface area contributed by atoms with Crippen molar-refractivity contribution in [1.82, 2.24) is 4.90 Å². The van der Waals surface area contributed by atoms with Crippen molar-refractivity contribution in [2.75, 3.05) is 13.2 Å². The number of rotatable bonds is 6. The fraction of sp³-hybridized carbons (Fsp3) is 0.381. The van der Waals surface area contributed by atoms with E-state index in [0.29, 0.717) is 13.0 Å². The molecule has 0 saturated carbocycles. The van der Waals surface area contributed by atoms with E-state index in [9.17, 15) is 9.90 Å². The van der Waals surface area contributed by atoms with Crippen LogP contribution in [0, 0.1) is 0 Å². The first-order valence-corrected chi connectivity index (χ1v) is 8.97. The summed E-state index contributed by atoms with van der Waals surface area (Å²) < 4.78 is 5.45. The number of aromatic hydroxyl groups is 1. The topological polar surface area (TPSA) is 49.8 Å². The molecule has 0 unspecified atom stereocenters. The van der Waals surface area contributed by atoms with E-state index in [1.807, 2.05) is 48.2 Å². The van der Waals surface area contributed by atoms with Crippen molar-refractivity contribution >= 4 is 5.91 Å². The zero-order valence-corrected chi connectivity index (χ0v) is 14.6. The number of benzene rings is 2. The summed E-state index contributed by atoms with van der Waals surface area (Å²) in [5.41, 5.74) is 2.25. The van der Waals surface area contributed by atoms with Gasteiger partial charge in [0.05, 0.1) is 12.6 Å². The van der Waals surface area contributed by atoms with Gasteiger partial charge in [0.25, 0.3) is 0 Å². The molecule has 1 saturated heterocycles. The highest BCUT2D eigenvalue weighted by molar-refractivity contribution is 5.77. The average Bonchev–Trinajstić information content (AvgIpc) is 3.11. The Morgan fingerprint density at radius 1 is 1.16 bits per heavy atom. The van der Waals surface area contributed by atoms with E-state index in [1.54, 1.807) is 12.1 Å². The minimum absolute atomic E-state index is 0.133. The van der Waals surface area contributed by atoms with Crippen LogP contribution in [0.4, 0.5) is 0 Å². The third-order valence-electron chi connectivity index (χ3n) is 4.71. The first-order valence-electron chi connectivity index (χ1n) is 8.97. The number of phenols is 1. The number of likely N-dealkylation sites (tertiary alicyclic amines) is 1. The summed E-state index contributed by atoms with van der Waals surface area (Å²) in [6.45, 7) is 3.44. The largest absolute Gasteiger partial charge is 0.508 e. The fourth-order valence-electron chi connectivity index (χ4n) is 3.42. The zero-order valence-electron chi connectivity index (χ0n) is 14.6. The molecule has 1 N–H and O–H groups in total. The Hall–Kier alpha value is -2.49. The number of aryl methyl sites for hydroxylation is 1. The highest BCUT2D eigenvalue weighted by atomic mass is 16.5. The molecule has 0 bridgehead atoms. The molecule has 25 heavy (non-hydrogen) atoms. The lowest BCUT2D eigenvalue weighted by atomic mass is 10.0.